The maximum atomic E-state index is 12.9. The van der Waals surface area contributed by atoms with E-state index in [0.29, 0.717) is 19.3 Å². The number of hydrogen-bond donors (Lipinski definition) is 0. The van der Waals surface area contributed by atoms with E-state index in [9.17, 15) is 14.4 Å². The second-order valence-electron chi connectivity index (χ2n) is 22.0. The summed E-state index contributed by atoms with van der Waals surface area (Å²) < 4.78 is 16.9. The molecule has 0 rings (SSSR count). The maximum absolute atomic E-state index is 12.9. The van der Waals surface area contributed by atoms with Crippen molar-refractivity contribution in [3.63, 3.8) is 0 Å². The number of allylic oxidation sites excluding steroid dienone is 26. The molecule has 468 valence electrons. The van der Waals surface area contributed by atoms with Crippen molar-refractivity contribution >= 4 is 17.9 Å². The van der Waals surface area contributed by atoms with Crippen molar-refractivity contribution < 1.29 is 28.6 Å². The summed E-state index contributed by atoms with van der Waals surface area (Å²) in [6.07, 6.45) is 101. The fraction of sp³-hybridized carbons (Fsp3) is 0.623. The van der Waals surface area contributed by atoms with E-state index in [1.807, 2.05) is 0 Å². The van der Waals surface area contributed by atoms with Gasteiger partial charge >= 0.3 is 17.9 Å². The topological polar surface area (TPSA) is 78.9 Å². The van der Waals surface area contributed by atoms with Gasteiger partial charge in [0.1, 0.15) is 13.2 Å². The molecule has 0 saturated heterocycles. The molecule has 0 aromatic heterocycles. The van der Waals surface area contributed by atoms with E-state index in [1.165, 1.54) is 89.9 Å². The van der Waals surface area contributed by atoms with Gasteiger partial charge in [0.15, 0.2) is 6.10 Å². The van der Waals surface area contributed by atoms with E-state index in [-0.39, 0.29) is 31.1 Å². The molecule has 0 N–H and O–H groups in total. The Labute approximate surface area is 511 Å². The number of carbonyl (C=O) groups excluding carboxylic acids is 3. The highest BCUT2D eigenvalue weighted by Crippen LogP contribution is 2.15. The fourth-order valence-electron chi connectivity index (χ4n) is 8.97. The summed E-state index contributed by atoms with van der Waals surface area (Å²) in [5, 5.41) is 0. The Morgan fingerprint density at radius 1 is 0.253 bits per heavy atom. The molecule has 0 aliphatic rings. The minimum Gasteiger partial charge on any atom is -0.462 e. The van der Waals surface area contributed by atoms with Crippen molar-refractivity contribution in [1.29, 1.82) is 0 Å². The summed E-state index contributed by atoms with van der Waals surface area (Å²) in [4.78, 5) is 38.4. The van der Waals surface area contributed by atoms with Crippen LogP contribution in [0.2, 0.25) is 0 Å². The van der Waals surface area contributed by atoms with Gasteiger partial charge in [-0.25, -0.2) is 0 Å². The van der Waals surface area contributed by atoms with Crippen LogP contribution in [0.3, 0.4) is 0 Å². The van der Waals surface area contributed by atoms with Crippen LogP contribution >= 0.6 is 0 Å². The predicted molar refractivity (Wildman–Crippen MR) is 362 cm³/mol. The van der Waals surface area contributed by atoms with E-state index >= 15 is 0 Å². The van der Waals surface area contributed by atoms with Crippen LogP contribution in [0.15, 0.2) is 158 Å². The van der Waals surface area contributed by atoms with E-state index in [0.717, 1.165) is 161 Å². The number of carbonyl (C=O) groups is 3. The molecular weight excluding hydrogens is 1020 g/mol. The monoisotopic (exact) mass is 1140 g/mol. The van der Waals surface area contributed by atoms with E-state index in [1.54, 1.807) is 0 Å². The molecule has 0 fully saturated rings. The average molecular weight is 1150 g/mol. The van der Waals surface area contributed by atoms with Crippen LogP contribution in [0.4, 0.5) is 0 Å². The van der Waals surface area contributed by atoms with Crippen LogP contribution in [0, 0.1) is 0 Å². The van der Waals surface area contributed by atoms with Gasteiger partial charge < -0.3 is 14.2 Å². The number of ether oxygens (including phenoxy) is 3. The number of unbranched alkanes of at least 4 members (excludes halogenated alkanes) is 23. The third kappa shape index (κ3) is 67.7. The summed E-state index contributed by atoms with van der Waals surface area (Å²) in [5.74, 6) is -0.952. The Morgan fingerprint density at radius 3 is 0.747 bits per heavy atom. The van der Waals surface area contributed by atoms with Gasteiger partial charge in [0.05, 0.1) is 0 Å². The summed E-state index contributed by atoms with van der Waals surface area (Å²) in [5.41, 5.74) is 0. The van der Waals surface area contributed by atoms with Crippen molar-refractivity contribution in [1.82, 2.24) is 0 Å². The SMILES string of the molecule is CC/C=C\C/C=C\C/C=C\C/C=C\C/C=C\C/C=C\C/C=C\C/C=C\CCCCCCC(=O)OCC(COC(=O)CCCCCC/C=C\C/C=C\C/C=C\C/C=C\CC)OC(=O)CCCCCCCCCCC/C=C\CCCCCCCC. The average Bonchev–Trinajstić information content (AvgIpc) is 3.49. The van der Waals surface area contributed by atoms with Crippen molar-refractivity contribution in [2.24, 2.45) is 0 Å². The Kier molecular flexibility index (Phi) is 65.4. The second kappa shape index (κ2) is 69.5. The molecule has 0 aromatic carbocycles. The molecule has 0 radical (unpaired) electrons. The number of hydrogen-bond acceptors (Lipinski definition) is 6. The highest BCUT2D eigenvalue weighted by molar-refractivity contribution is 5.71. The highest BCUT2D eigenvalue weighted by atomic mass is 16.6. The summed E-state index contributed by atoms with van der Waals surface area (Å²) in [7, 11) is 0. The first kappa shape index (κ1) is 78.0. The van der Waals surface area contributed by atoms with Gasteiger partial charge in [-0.1, -0.05) is 281 Å². The number of rotatable bonds is 60. The van der Waals surface area contributed by atoms with Crippen molar-refractivity contribution in [2.45, 2.75) is 297 Å². The smallest absolute Gasteiger partial charge is 0.306 e. The third-order valence-corrected chi connectivity index (χ3v) is 14.0. The first-order chi connectivity index (χ1) is 41.0. The lowest BCUT2D eigenvalue weighted by Gasteiger charge is -2.18. The van der Waals surface area contributed by atoms with E-state index in [4.69, 9.17) is 14.2 Å². The molecule has 0 aliphatic carbocycles. The zero-order valence-corrected chi connectivity index (χ0v) is 53.7. The third-order valence-electron chi connectivity index (χ3n) is 14.0. The highest BCUT2D eigenvalue weighted by Gasteiger charge is 2.19. The van der Waals surface area contributed by atoms with Crippen LogP contribution in [0.5, 0.6) is 0 Å². The van der Waals surface area contributed by atoms with Crippen LogP contribution in [0.25, 0.3) is 0 Å². The van der Waals surface area contributed by atoms with Crippen LogP contribution in [-0.2, 0) is 28.6 Å². The van der Waals surface area contributed by atoms with Crippen molar-refractivity contribution in [2.75, 3.05) is 13.2 Å². The molecular formula is C77H124O6. The quantitative estimate of drug-likeness (QED) is 0.0261. The molecule has 0 amide bonds. The first-order valence-electron chi connectivity index (χ1n) is 34.0. The molecule has 0 saturated carbocycles. The van der Waals surface area contributed by atoms with Crippen molar-refractivity contribution in [3.05, 3.63) is 158 Å². The lowest BCUT2D eigenvalue weighted by atomic mass is 10.1. The maximum Gasteiger partial charge on any atom is 0.306 e. The van der Waals surface area contributed by atoms with Gasteiger partial charge in [0.25, 0.3) is 0 Å². The molecule has 1 unspecified atom stereocenters. The largest absolute Gasteiger partial charge is 0.462 e. The van der Waals surface area contributed by atoms with E-state index in [2.05, 4.69) is 179 Å². The Hall–Kier alpha value is -4.97. The van der Waals surface area contributed by atoms with Crippen LogP contribution in [0.1, 0.15) is 290 Å². The van der Waals surface area contributed by atoms with Gasteiger partial charge in [0.2, 0.25) is 0 Å². The van der Waals surface area contributed by atoms with Crippen LogP contribution < -0.4 is 0 Å². The van der Waals surface area contributed by atoms with Gasteiger partial charge in [-0.3, -0.25) is 14.4 Å². The molecule has 0 aliphatic heterocycles. The summed E-state index contributed by atoms with van der Waals surface area (Å²) >= 11 is 0. The molecule has 83 heavy (non-hydrogen) atoms. The van der Waals surface area contributed by atoms with Gasteiger partial charge in [-0.2, -0.15) is 0 Å². The van der Waals surface area contributed by atoms with Crippen molar-refractivity contribution in [3.8, 4) is 0 Å². The molecule has 0 bridgehead atoms. The lowest BCUT2D eigenvalue weighted by Crippen LogP contribution is -2.30. The Balaban J connectivity index is 4.47. The predicted octanol–water partition coefficient (Wildman–Crippen LogP) is 23.7. The first-order valence-corrected chi connectivity index (χ1v) is 34.0. The zero-order valence-electron chi connectivity index (χ0n) is 53.7. The summed E-state index contributed by atoms with van der Waals surface area (Å²) in [6.45, 7) is 6.38. The van der Waals surface area contributed by atoms with Gasteiger partial charge in [-0.05, 0) is 148 Å². The standard InChI is InChI=1S/C77H124O6/c1-4-7-10-13-16-19-22-25-28-31-33-34-35-36-37-38-39-40-41-42-44-46-49-52-55-58-61-64-67-70-76(79)82-73-74(72-81-75(78)69-66-63-60-57-54-51-48-45-30-27-24-21-18-15-12-9-6-3)83-77(80)71-68-65-62-59-56-53-50-47-43-32-29-26-23-20-17-14-11-8-5-2/h7,9-10,12,16,18-19,21,25-30,33-34,36-37,39-40,42,44,48-49,51-52,74H,4-6,8,11,13-15,17,20,22-24,31-32,35,38,41,43,45-47,50,53-73H2,1-3H3/b10-7-,12-9-,19-16-,21-18-,28-25-,29-26-,30-27-,34-33-,37-36-,40-39-,44-42-,51-48-,52-49-. The fourth-order valence-corrected chi connectivity index (χ4v) is 8.97. The van der Waals surface area contributed by atoms with Gasteiger partial charge in [0, 0.05) is 19.3 Å². The van der Waals surface area contributed by atoms with Crippen LogP contribution in [-0.4, -0.2) is 37.2 Å². The summed E-state index contributed by atoms with van der Waals surface area (Å²) in [6, 6.07) is 0. The van der Waals surface area contributed by atoms with Gasteiger partial charge in [-0.15, -0.1) is 0 Å². The minimum atomic E-state index is -0.810. The van der Waals surface area contributed by atoms with E-state index < -0.39 is 6.10 Å². The lowest BCUT2D eigenvalue weighted by molar-refractivity contribution is -0.167. The molecule has 1 atom stereocenters. The molecule has 0 aromatic rings. The molecule has 6 heteroatoms. The Bertz CT molecular complexity index is 1840. The molecule has 0 spiro atoms. The second-order valence-corrected chi connectivity index (χ2v) is 22.0. The minimum absolute atomic E-state index is 0.105. The Morgan fingerprint density at radius 2 is 0.470 bits per heavy atom. The molecule has 6 nitrogen and oxygen atoms in total. The number of esters is 3. The zero-order chi connectivity index (χ0) is 59.9. The molecule has 0 heterocycles. The normalized spacial score (nSPS) is 13.1.